The van der Waals surface area contributed by atoms with E-state index in [1.807, 2.05) is 0 Å². The molecule has 4 nitrogen and oxygen atoms in total. The number of piperidine rings is 1. The molecule has 1 saturated heterocycles. The fourth-order valence-electron chi connectivity index (χ4n) is 3.14. The summed E-state index contributed by atoms with van der Waals surface area (Å²) in [7, 11) is 1.71. The monoisotopic (exact) mass is 300 g/mol. The third-order valence-electron chi connectivity index (χ3n) is 4.77. The maximum Gasteiger partial charge on any atom is 0.0700 e. The van der Waals surface area contributed by atoms with Crippen LogP contribution in [0.4, 0.5) is 0 Å². The van der Waals surface area contributed by atoms with E-state index in [1.165, 1.54) is 32.4 Å². The molecule has 3 atom stereocenters. The first kappa shape index (κ1) is 18.9. The van der Waals surface area contributed by atoms with Crippen molar-refractivity contribution in [1.82, 2.24) is 10.2 Å². The zero-order chi connectivity index (χ0) is 15.5. The van der Waals surface area contributed by atoms with Gasteiger partial charge in [-0.05, 0) is 58.2 Å². The molecule has 1 rings (SSSR count). The normalized spacial score (nSPS) is 27.1. The first-order valence-electron chi connectivity index (χ1n) is 8.74. The van der Waals surface area contributed by atoms with Gasteiger partial charge in [0.2, 0.25) is 0 Å². The minimum Gasteiger partial charge on any atom is -0.382 e. The average Bonchev–Trinajstić information content (AvgIpc) is 2.49. The molecule has 0 aromatic carbocycles. The Morgan fingerprint density at radius 2 is 1.95 bits per heavy atom. The number of ether oxygens (including phenoxy) is 2. The molecule has 21 heavy (non-hydrogen) atoms. The van der Waals surface area contributed by atoms with Gasteiger partial charge in [-0.3, -0.25) is 0 Å². The van der Waals surface area contributed by atoms with E-state index in [0.717, 1.165) is 32.1 Å². The molecule has 0 aliphatic carbocycles. The number of nitrogens with one attached hydrogen (secondary N) is 1. The fraction of sp³-hybridized carbons (Fsp3) is 1.00. The van der Waals surface area contributed by atoms with Crippen LogP contribution in [0.1, 0.15) is 46.5 Å². The van der Waals surface area contributed by atoms with Crippen LogP contribution in [0.3, 0.4) is 0 Å². The molecule has 1 heterocycles. The Bertz CT molecular complexity index is 251. The van der Waals surface area contributed by atoms with Crippen LogP contribution in [-0.2, 0) is 9.47 Å². The Morgan fingerprint density at radius 1 is 1.14 bits per heavy atom. The summed E-state index contributed by atoms with van der Waals surface area (Å²) in [5.41, 5.74) is 0. The molecule has 0 aromatic rings. The fourth-order valence-corrected chi connectivity index (χ4v) is 3.14. The third kappa shape index (κ3) is 7.09. The second kappa shape index (κ2) is 11.4. The minimum absolute atomic E-state index is 0.683. The lowest BCUT2D eigenvalue weighted by Gasteiger charge is -2.43. The molecular formula is C17H36N2O2. The molecule has 4 heteroatoms. The van der Waals surface area contributed by atoms with Gasteiger partial charge in [-0.25, -0.2) is 0 Å². The van der Waals surface area contributed by atoms with Gasteiger partial charge in [-0.1, -0.05) is 13.8 Å². The van der Waals surface area contributed by atoms with E-state index in [1.54, 1.807) is 7.11 Å². The van der Waals surface area contributed by atoms with Gasteiger partial charge in [0.1, 0.15) is 0 Å². The number of hydrogen-bond donors (Lipinski definition) is 1. The SMILES string of the molecule is CCCNC1CCN(CCCCOCCOC)C(C)C1C. The van der Waals surface area contributed by atoms with E-state index in [-0.39, 0.29) is 0 Å². The summed E-state index contributed by atoms with van der Waals surface area (Å²) < 4.78 is 10.5. The highest BCUT2D eigenvalue weighted by atomic mass is 16.5. The van der Waals surface area contributed by atoms with Crippen LogP contribution in [0, 0.1) is 5.92 Å². The Labute approximate surface area is 131 Å². The number of likely N-dealkylation sites (tertiary alicyclic amines) is 1. The Balaban J connectivity index is 2.13. The molecule has 0 aromatic heterocycles. The van der Waals surface area contributed by atoms with Gasteiger partial charge in [0.25, 0.3) is 0 Å². The third-order valence-corrected chi connectivity index (χ3v) is 4.77. The van der Waals surface area contributed by atoms with Crippen LogP contribution in [0.25, 0.3) is 0 Å². The summed E-state index contributed by atoms with van der Waals surface area (Å²) >= 11 is 0. The van der Waals surface area contributed by atoms with E-state index in [9.17, 15) is 0 Å². The second-order valence-corrected chi connectivity index (χ2v) is 6.30. The van der Waals surface area contributed by atoms with Crippen LogP contribution in [0.5, 0.6) is 0 Å². The van der Waals surface area contributed by atoms with Crippen LogP contribution in [0.2, 0.25) is 0 Å². The molecule has 0 bridgehead atoms. The number of rotatable bonds is 11. The van der Waals surface area contributed by atoms with Crippen molar-refractivity contribution in [1.29, 1.82) is 0 Å². The average molecular weight is 300 g/mol. The largest absolute Gasteiger partial charge is 0.382 e. The zero-order valence-corrected chi connectivity index (χ0v) is 14.6. The molecule has 0 spiro atoms. The Hall–Kier alpha value is -0.160. The van der Waals surface area contributed by atoms with E-state index in [4.69, 9.17) is 9.47 Å². The van der Waals surface area contributed by atoms with Crippen LogP contribution in [0.15, 0.2) is 0 Å². The van der Waals surface area contributed by atoms with Crippen molar-refractivity contribution in [2.75, 3.05) is 46.6 Å². The molecule has 1 aliphatic heterocycles. The van der Waals surface area contributed by atoms with Crippen molar-refractivity contribution in [3.05, 3.63) is 0 Å². The van der Waals surface area contributed by atoms with Gasteiger partial charge in [0.05, 0.1) is 13.2 Å². The predicted octanol–water partition coefficient (Wildman–Crippen LogP) is 2.53. The molecule has 1 fully saturated rings. The summed E-state index contributed by atoms with van der Waals surface area (Å²) in [4.78, 5) is 2.66. The lowest BCUT2D eigenvalue weighted by atomic mass is 9.87. The topological polar surface area (TPSA) is 33.7 Å². The highest BCUT2D eigenvalue weighted by Crippen LogP contribution is 2.23. The smallest absolute Gasteiger partial charge is 0.0700 e. The summed E-state index contributed by atoms with van der Waals surface area (Å²) in [5, 5.41) is 3.71. The number of nitrogens with zero attached hydrogens (tertiary/aromatic N) is 1. The van der Waals surface area contributed by atoms with Crippen LogP contribution in [-0.4, -0.2) is 63.5 Å². The van der Waals surface area contributed by atoms with Crippen LogP contribution < -0.4 is 5.32 Å². The van der Waals surface area contributed by atoms with Gasteiger partial charge < -0.3 is 19.7 Å². The minimum atomic E-state index is 0.683. The van der Waals surface area contributed by atoms with Crippen molar-refractivity contribution in [3.8, 4) is 0 Å². The highest BCUT2D eigenvalue weighted by Gasteiger charge is 2.31. The number of hydrogen-bond acceptors (Lipinski definition) is 4. The number of unbranched alkanes of at least 4 members (excludes halogenated alkanes) is 1. The van der Waals surface area contributed by atoms with Crippen molar-refractivity contribution >= 4 is 0 Å². The van der Waals surface area contributed by atoms with Gasteiger partial charge in [-0.2, -0.15) is 0 Å². The van der Waals surface area contributed by atoms with Crippen molar-refractivity contribution in [2.24, 2.45) is 5.92 Å². The van der Waals surface area contributed by atoms with Crippen LogP contribution >= 0.6 is 0 Å². The Kier molecular flexibility index (Phi) is 10.3. The van der Waals surface area contributed by atoms with E-state index >= 15 is 0 Å². The molecule has 1 N–H and O–H groups in total. The van der Waals surface area contributed by atoms with Gasteiger partial charge in [0.15, 0.2) is 0 Å². The number of methoxy groups -OCH3 is 1. The standard InChI is InChI=1S/C17H36N2O2/c1-5-9-18-17-8-11-19(16(3)15(17)2)10-6-7-12-21-14-13-20-4/h15-18H,5-14H2,1-4H3. The van der Waals surface area contributed by atoms with Gasteiger partial charge >= 0.3 is 0 Å². The van der Waals surface area contributed by atoms with Gasteiger partial charge in [0, 0.05) is 25.8 Å². The van der Waals surface area contributed by atoms with Crippen molar-refractivity contribution < 1.29 is 9.47 Å². The Morgan fingerprint density at radius 3 is 2.67 bits per heavy atom. The molecule has 0 amide bonds. The summed E-state index contributed by atoms with van der Waals surface area (Å²) in [6.45, 7) is 12.9. The van der Waals surface area contributed by atoms with E-state index < -0.39 is 0 Å². The maximum atomic E-state index is 5.52. The van der Waals surface area contributed by atoms with Gasteiger partial charge in [-0.15, -0.1) is 0 Å². The molecule has 0 saturated carbocycles. The quantitative estimate of drug-likeness (QED) is 0.595. The second-order valence-electron chi connectivity index (χ2n) is 6.30. The lowest BCUT2D eigenvalue weighted by Crippen LogP contribution is -2.53. The summed E-state index contributed by atoms with van der Waals surface area (Å²) in [6.07, 6.45) is 4.90. The van der Waals surface area contributed by atoms with Crippen molar-refractivity contribution in [2.45, 2.75) is 58.5 Å². The molecule has 3 unspecified atom stereocenters. The highest BCUT2D eigenvalue weighted by molar-refractivity contribution is 4.88. The zero-order valence-electron chi connectivity index (χ0n) is 14.6. The molecular weight excluding hydrogens is 264 g/mol. The molecule has 0 radical (unpaired) electrons. The lowest BCUT2D eigenvalue weighted by molar-refractivity contribution is 0.0602. The van der Waals surface area contributed by atoms with Crippen molar-refractivity contribution in [3.63, 3.8) is 0 Å². The summed E-state index contributed by atoms with van der Waals surface area (Å²) in [5.74, 6) is 0.739. The van der Waals surface area contributed by atoms with E-state index in [0.29, 0.717) is 18.7 Å². The maximum absolute atomic E-state index is 5.52. The first-order valence-corrected chi connectivity index (χ1v) is 8.74. The molecule has 1 aliphatic rings. The predicted molar refractivity (Wildman–Crippen MR) is 88.8 cm³/mol. The molecule has 126 valence electrons. The van der Waals surface area contributed by atoms with E-state index in [2.05, 4.69) is 31.0 Å². The first-order chi connectivity index (χ1) is 10.2. The summed E-state index contributed by atoms with van der Waals surface area (Å²) in [6, 6.07) is 1.39.